The molecule has 0 radical (unpaired) electrons. The molecule has 0 saturated carbocycles. The largest absolute Gasteiger partial charge is 0.469 e. The molecule has 2 rings (SSSR count). The molecule has 1 aromatic rings. The highest BCUT2D eigenvalue weighted by Gasteiger charge is 2.28. The van der Waals surface area contributed by atoms with Crippen LogP contribution in [0, 0.1) is 0 Å². The summed E-state index contributed by atoms with van der Waals surface area (Å²) in [6, 6.07) is 8.83. The van der Waals surface area contributed by atoms with Gasteiger partial charge in [0.2, 0.25) is 0 Å². The van der Waals surface area contributed by atoms with Gasteiger partial charge in [0.25, 0.3) is 0 Å². The van der Waals surface area contributed by atoms with Crippen LogP contribution in [-0.4, -0.2) is 30.8 Å². The minimum absolute atomic E-state index is 0.133. The third-order valence-electron chi connectivity index (χ3n) is 3.99. The van der Waals surface area contributed by atoms with Crippen LogP contribution in [0.2, 0.25) is 0 Å². The second-order valence-corrected chi connectivity index (χ2v) is 6.06. The van der Waals surface area contributed by atoms with Crippen molar-refractivity contribution in [2.24, 2.45) is 0 Å². The van der Waals surface area contributed by atoms with E-state index in [0.29, 0.717) is 12.5 Å². The number of thiocarbonyl (C=S) groups is 1. The minimum atomic E-state index is -0.133. The lowest BCUT2D eigenvalue weighted by Gasteiger charge is -2.26. The van der Waals surface area contributed by atoms with E-state index in [1.54, 1.807) is 0 Å². The van der Waals surface area contributed by atoms with Crippen molar-refractivity contribution >= 4 is 29.0 Å². The van der Waals surface area contributed by atoms with Crippen molar-refractivity contribution in [1.29, 1.82) is 0 Å². The Kier molecular flexibility index (Phi) is 6.19. The number of nitrogens with one attached hydrogen (secondary N) is 1. The van der Waals surface area contributed by atoms with Crippen LogP contribution in [0.1, 0.15) is 38.2 Å². The van der Waals surface area contributed by atoms with Gasteiger partial charge in [-0.1, -0.05) is 24.6 Å². The van der Waals surface area contributed by atoms with Crippen molar-refractivity contribution in [2.45, 2.75) is 45.1 Å². The van der Waals surface area contributed by atoms with Crippen molar-refractivity contribution in [3.05, 3.63) is 29.8 Å². The number of para-hydroxylation sites is 1. The van der Waals surface area contributed by atoms with Gasteiger partial charge in [-0.2, -0.15) is 0 Å². The summed E-state index contributed by atoms with van der Waals surface area (Å²) < 4.78 is 4.63. The normalized spacial score (nSPS) is 16.3. The quantitative estimate of drug-likeness (QED) is 0.496. The molecule has 0 saturated heterocycles. The predicted octanol–water partition coefficient (Wildman–Crippen LogP) is 3.05. The van der Waals surface area contributed by atoms with Crippen molar-refractivity contribution < 1.29 is 9.53 Å². The molecule has 1 aromatic carbocycles. The Labute approximate surface area is 137 Å². The number of esters is 1. The summed E-state index contributed by atoms with van der Waals surface area (Å²) in [4.78, 5) is 13.2. The summed E-state index contributed by atoms with van der Waals surface area (Å²) in [5, 5.41) is 4.14. The number of carbonyl (C=O) groups is 1. The van der Waals surface area contributed by atoms with Gasteiger partial charge in [0.15, 0.2) is 5.11 Å². The average Bonchev–Trinajstić information content (AvgIpc) is 2.85. The van der Waals surface area contributed by atoms with Crippen molar-refractivity contribution in [2.75, 3.05) is 18.6 Å². The Hall–Kier alpha value is -1.62. The van der Waals surface area contributed by atoms with E-state index in [-0.39, 0.29) is 5.97 Å². The Bertz CT molecular complexity index is 533. The molecule has 1 aliphatic heterocycles. The number of rotatable bonds is 6. The van der Waals surface area contributed by atoms with Crippen LogP contribution in [0.25, 0.3) is 0 Å². The third kappa shape index (κ3) is 4.19. The van der Waals surface area contributed by atoms with Crippen LogP contribution in [0.4, 0.5) is 5.69 Å². The lowest BCUT2D eigenvalue weighted by molar-refractivity contribution is -0.140. The van der Waals surface area contributed by atoms with Gasteiger partial charge in [0.05, 0.1) is 7.11 Å². The second-order valence-electron chi connectivity index (χ2n) is 5.67. The summed E-state index contributed by atoms with van der Waals surface area (Å²) in [6.07, 6.45) is 4.40. The Morgan fingerprint density at radius 1 is 1.36 bits per heavy atom. The number of hydrogen-bond acceptors (Lipinski definition) is 3. The maximum absolute atomic E-state index is 11.0. The second kappa shape index (κ2) is 8.13. The fourth-order valence-electron chi connectivity index (χ4n) is 2.83. The Morgan fingerprint density at radius 3 is 2.91 bits per heavy atom. The minimum Gasteiger partial charge on any atom is -0.469 e. The van der Waals surface area contributed by atoms with Crippen LogP contribution >= 0.6 is 12.2 Å². The topological polar surface area (TPSA) is 41.6 Å². The molecule has 22 heavy (non-hydrogen) atoms. The molecule has 0 aliphatic carbocycles. The first-order valence-electron chi connectivity index (χ1n) is 7.85. The fourth-order valence-corrected chi connectivity index (χ4v) is 3.21. The number of carbonyl (C=O) groups excluding carboxylic acids is 1. The molecule has 0 fully saturated rings. The van der Waals surface area contributed by atoms with Gasteiger partial charge in [0, 0.05) is 24.7 Å². The number of methoxy groups -OCH3 is 1. The van der Waals surface area contributed by atoms with Crippen LogP contribution in [0.5, 0.6) is 0 Å². The zero-order chi connectivity index (χ0) is 15.9. The summed E-state index contributed by atoms with van der Waals surface area (Å²) in [5.41, 5.74) is 2.58. The van der Waals surface area contributed by atoms with E-state index >= 15 is 0 Å². The maximum Gasteiger partial charge on any atom is 0.305 e. The van der Waals surface area contributed by atoms with E-state index in [1.807, 2.05) is 0 Å². The van der Waals surface area contributed by atoms with E-state index in [9.17, 15) is 4.79 Å². The zero-order valence-electron chi connectivity index (χ0n) is 13.3. The van der Waals surface area contributed by atoms with Gasteiger partial charge < -0.3 is 15.0 Å². The molecular weight excluding hydrogens is 296 g/mol. The van der Waals surface area contributed by atoms with E-state index < -0.39 is 0 Å². The Balaban J connectivity index is 1.73. The molecule has 1 atom stereocenters. The van der Waals surface area contributed by atoms with Crippen LogP contribution < -0.4 is 10.2 Å². The van der Waals surface area contributed by atoms with Crippen molar-refractivity contribution in [3.8, 4) is 0 Å². The van der Waals surface area contributed by atoms with Gasteiger partial charge >= 0.3 is 5.97 Å². The monoisotopic (exact) mass is 320 g/mol. The zero-order valence-corrected chi connectivity index (χ0v) is 14.1. The number of hydrogen-bond donors (Lipinski definition) is 1. The third-order valence-corrected chi connectivity index (χ3v) is 4.33. The maximum atomic E-state index is 11.0. The van der Waals surface area contributed by atoms with E-state index in [1.165, 1.54) is 18.4 Å². The molecule has 0 amide bonds. The van der Waals surface area contributed by atoms with E-state index in [2.05, 4.69) is 46.1 Å². The summed E-state index contributed by atoms with van der Waals surface area (Å²) in [7, 11) is 1.43. The number of ether oxygens (including phenoxy) is 1. The molecule has 1 heterocycles. The van der Waals surface area contributed by atoms with Crippen LogP contribution in [-0.2, 0) is 16.0 Å². The molecule has 5 heteroatoms. The van der Waals surface area contributed by atoms with E-state index in [0.717, 1.165) is 37.3 Å². The SMILES string of the molecule is COC(=O)CCCCCNC(=S)N1c2ccccc2C[C@H]1C. The number of unbranched alkanes of at least 4 members (excludes halogenated alkanes) is 2. The molecular formula is C17H24N2O2S. The average molecular weight is 320 g/mol. The lowest BCUT2D eigenvalue weighted by atomic mass is 10.1. The molecule has 1 N–H and O–H groups in total. The molecule has 0 spiro atoms. The van der Waals surface area contributed by atoms with Gasteiger partial charge in [-0.15, -0.1) is 0 Å². The predicted molar refractivity (Wildman–Crippen MR) is 93.2 cm³/mol. The summed E-state index contributed by atoms with van der Waals surface area (Å²) in [5.74, 6) is -0.133. The highest BCUT2D eigenvalue weighted by molar-refractivity contribution is 7.80. The highest BCUT2D eigenvalue weighted by atomic mass is 32.1. The van der Waals surface area contributed by atoms with Crippen LogP contribution in [0.15, 0.2) is 24.3 Å². The lowest BCUT2D eigenvalue weighted by Crippen LogP contribution is -2.43. The smallest absolute Gasteiger partial charge is 0.305 e. The number of fused-ring (bicyclic) bond motifs is 1. The van der Waals surface area contributed by atoms with Gasteiger partial charge in [-0.05, 0) is 50.0 Å². The number of anilines is 1. The first-order chi connectivity index (χ1) is 10.6. The molecule has 0 aromatic heterocycles. The fraction of sp³-hybridized carbons (Fsp3) is 0.529. The van der Waals surface area contributed by atoms with Gasteiger partial charge in [-0.25, -0.2) is 0 Å². The standard InChI is InChI=1S/C17H24N2O2S/c1-13-12-14-8-5-6-9-15(14)19(13)17(22)18-11-7-3-4-10-16(20)21-2/h5-6,8-9,13H,3-4,7,10-12H2,1-2H3,(H,18,22)/t13-/m1/s1. The molecule has 0 unspecified atom stereocenters. The summed E-state index contributed by atoms with van der Waals surface area (Å²) >= 11 is 5.55. The summed E-state index contributed by atoms with van der Waals surface area (Å²) in [6.45, 7) is 3.04. The van der Waals surface area contributed by atoms with Gasteiger partial charge in [-0.3, -0.25) is 4.79 Å². The molecule has 0 bridgehead atoms. The first kappa shape index (κ1) is 16.7. The first-order valence-corrected chi connectivity index (χ1v) is 8.26. The van der Waals surface area contributed by atoms with Crippen LogP contribution in [0.3, 0.4) is 0 Å². The molecule has 1 aliphatic rings. The van der Waals surface area contributed by atoms with E-state index in [4.69, 9.17) is 12.2 Å². The van der Waals surface area contributed by atoms with Crippen molar-refractivity contribution in [3.63, 3.8) is 0 Å². The van der Waals surface area contributed by atoms with Crippen molar-refractivity contribution in [1.82, 2.24) is 5.32 Å². The Morgan fingerprint density at radius 2 is 2.14 bits per heavy atom. The molecule has 120 valence electrons. The number of benzene rings is 1. The highest BCUT2D eigenvalue weighted by Crippen LogP contribution is 2.31. The molecule has 4 nitrogen and oxygen atoms in total. The van der Waals surface area contributed by atoms with Gasteiger partial charge in [0.1, 0.15) is 0 Å². The number of nitrogens with zero attached hydrogens (tertiary/aromatic N) is 1.